The van der Waals surface area contributed by atoms with Gasteiger partial charge in [-0.05, 0) is 69.8 Å². The van der Waals surface area contributed by atoms with Gasteiger partial charge in [0.25, 0.3) is 5.56 Å². The highest BCUT2D eigenvalue weighted by Gasteiger charge is 2.16. The number of aromatic nitrogens is 4. The van der Waals surface area contributed by atoms with Gasteiger partial charge in [0, 0.05) is 44.1 Å². The van der Waals surface area contributed by atoms with Crippen molar-refractivity contribution in [3.63, 3.8) is 0 Å². The minimum atomic E-state index is -0.568. The molecule has 2 aromatic carbocycles. The number of fused-ring (bicyclic) bond motifs is 1. The van der Waals surface area contributed by atoms with Crippen molar-refractivity contribution in [2.24, 2.45) is 0 Å². The lowest BCUT2D eigenvalue weighted by molar-refractivity contribution is 0.0523. The van der Waals surface area contributed by atoms with Crippen LogP contribution in [0.3, 0.4) is 0 Å². The van der Waals surface area contributed by atoms with Crippen molar-refractivity contribution >= 4 is 34.6 Å². The van der Waals surface area contributed by atoms with Gasteiger partial charge in [-0.2, -0.15) is 4.98 Å². The minimum Gasteiger partial charge on any atom is -0.444 e. The smallest absolute Gasteiger partial charge is 0.407 e. The zero-order valence-electron chi connectivity index (χ0n) is 23.2. The van der Waals surface area contributed by atoms with Crippen LogP contribution in [0.1, 0.15) is 26.3 Å². The summed E-state index contributed by atoms with van der Waals surface area (Å²) in [6, 6.07) is 15.5. The zero-order valence-corrected chi connectivity index (χ0v) is 23.2. The van der Waals surface area contributed by atoms with E-state index in [9.17, 15) is 9.59 Å². The molecule has 0 aliphatic carbocycles. The van der Waals surface area contributed by atoms with E-state index in [1.807, 2.05) is 45.0 Å². The second kappa shape index (κ2) is 11.3. The molecular formula is C29H34N8O3. The number of ether oxygens (including phenoxy) is 1. The SMILES string of the molecule is CN1CCN(c2ccc(Nc3ncc4ncc(=O)n(-c5ccc(CNC(=O)OC(C)(C)C)cc5)c4n3)cc2)CC1. The van der Waals surface area contributed by atoms with Crippen molar-refractivity contribution in [3.05, 3.63) is 76.8 Å². The largest absolute Gasteiger partial charge is 0.444 e. The summed E-state index contributed by atoms with van der Waals surface area (Å²) >= 11 is 0. The standard InChI is InChI=1S/C29H34N8O3/c1-29(2,3)40-28(39)32-17-20-5-9-23(10-6-20)37-25(38)19-30-24-18-31-27(34-26(24)37)33-21-7-11-22(12-8-21)36-15-13-35(4)14-16-36/h5-12,18-19H,13-17H2,1-4H3,(H,32,39)(H,31,33,34). The van der Waals surface area contributed by atoms with Crippen LogP contribution in [0.5, 0.6) is 0 Å². The van der Waals surface area contributed by atoms with E-state index >= 15 is 0 Å². The molecule has 3 heterocycles. The van der Waals surface area contributed by atoms with Crippen LogP contribution in [-0.2, 0) is 11.3 Å². The van der Waals surface area contributed by atoms with Gasteiger partial charge in [-0.25, -0.2) is 14.8 Å². The van der Waals surface area contributed by atoms with Crippen LogP contribution in [0, 0.1) is 0 Å². The van der Waals surface area contributed by atoms with Crippen LogP contribution >= 0.6 is 0 Å². The first kappa shape index (κ1) is 27.1. The molecule has 0 radical (unpaired) electrons. The predicted molar refractivity (Wildman–Crippen MR) is 155 cm³/mol. The molecule has 0 bridgehead atoms. The molecule has 11 heteroatoms. The monoisotopic (exact) mass is 542 g/mol. The van der Waals surface area contributed by atoms with Crippen molar-refractivity contribution in [2.75, 3.05) is 43.4 Å². The third-order valence-corrected chi connectivity index (χ3v) is 6.52. The Labute approximate surface area is 232 Å². The summed E-state index contributed by atoms with van der Waals surface area (Å²) in [6.45, 7) is 9.84. The second-order valence-corrected chi connectivity index (χ2v) is 10.8. The molecule has 11 nitrogen and oxygen atoms in total. The fraction of sp³-hybridized carbons (Fsp3) is 0.345. The molecule has 5 rings (SSSR count). The maximum absolute atomic E-state index is 12.9. The third kappa shape index (κ3) is 6.55. The van der Waals surface area contributed by atoms with E-state index in [0.29, 0.717) is 29.3 Å². The Bertz CT molecular complexity index is 1540. The predicted octanol–water partition coefficient (Wildman–Crippen LogP) is 3.70. The van der Waals surface area contributed by atoms with Crippen LogP contribution < -0.4 is 21.1 Å². The molecule has 1 fully saturated rings. The molecule has 1 amide bonds. The Kier molecular flexibility index (Phi) is 7.65. The van der Waals surface area contributed by atoms with E-state index in [1.54, 1.807) is 18.3 Å². The fourth-order valence-electron chi connectivity index (χ4n) is 4.42. The molecule has 2 aromatic heterocycles. The summed E-state index contributed by atoms with van der Waals surface area (Å²) in [4.78, 5) is 42.8. The summed E-state index contributed by atoms with van der Waals surface area (Å²) in [7, 11) is 2.14. The lowest BCUT2D eigenvalue weighted by atomic mass is 10.2. The molecule has 4 aromatic rings. The highest BCUT2D eigenvalue weighted by Crippen LogP contribution is 2.22. The Hall–Kier alpha value is -4.51. The maximum atomic E-state index is 12.9. The number of likely N-dealkylation sites (N-methyl/N-ethyl adjacent to an activating group) is 1. The lowest BCUT2D eigenvalue weighted by Crippen LogP contribution is -2.44. The van der Waals surface area contributed by atoms with Crippen LogP contribution in [-0.4, -0.2) is 69.3 Å². The number of rotatable bonds is 6. The number of hydrogen-bond acceptors (Lipinski definition) is 9. The van der Waals surface area contributed by atoms with Gasteiger partial charge in [-0.3, -0.25) is 9.36 Å². The molecular weight excluding hydrogens is 508 g/mol. The van der Waals surface area contributed by atoms with Gasteiger partial charge in [-0.15, -0.1) is 0 Å². The number of anilines is 3. The van der Waals surface area contributed by atoms with E-state index in [4.69, 9.17) is 4.74 Å². The first-order valence-electron chi connectivity index (χ1n) is 13.3. The highest BCUT2D eigenvalue weighted by atomic mass is 16.6. The molecule has 40 heavy (non-hydrogen) atoms. The number of piperazine rings is 1. The zero-order chi connectivity index (χ0) is 28.3. The van der Waals surface area contributed by atoms with E-state index in [1.165, 1.54) is 16.5 Å². The van der Waals surface area contributed by atoms with Gasteiger partial charge in [0.15, 0.2) is 5.65 Å². The van der Waals surface area contributed by atoms with E-state index in [-0.39, 0.29) is 5.56 Å². The average Bonchev–Trinajstić information content (AvgIpc) is 2.92. The van der Waals surface area contributed by atoms with Crippen LogP contribution in [0.2, 0.25) is 0 Å². The second-order valence-electron chi connectivity index (χ2n) is 10.8. The topological polar surface area (TPSA) is 118 Å². The number of nitrogens with one attached hydrogen (secondary N) is 2. The van der Waals surface area contributed by atoms with Crippen LogP contribution in [0.25, 0.3) is 16.9 Å². The molecule has 2 N–H and O–H groups in total. The molecule has 0 unspecified atom stereocenters. The number of hydrogen-bond donors (Lipinski definition) is 2. The number of benzene rings is 2. The lowest BCUT2D eigenvalue weighted by Gasteiger charge is -2.34. The van der Waals surface area contributed by atoms with Gasteiger partial charge >= 0.3 is 6.09 Å². The molecule has 208 valence electrons. The van der Waals surface area contributed by atoms with Crippen LogP contribution in [0.4, 0.5) is 22.1 Å². The third-order valence-electron chi connectivity index (χ3n) is 6.52. The summed E-state index contributed by atoms with van der Waals surface area (Å²) in [5.41, 5.74) is 3.51. The van der Waals surface area contributed by atoms with E-state index in [0.717, 1.165) is 37.4 Å². The maximum Gasteiger partial charge on any atom is 0.407 e. The summed E-state index contributed by atoms with van der Waals surface area (Å²) in [6.07, 6.45) is 2.37. The Morgan fingerprint density at radius 3 is 2.27 bits per heavy atom. The number of amides is 1. The van der Waals surface area contributed by atoms with E-state index < -0.39 is 11.7 Å². The first-order chi connectivity index (χ1) is 19.1. The van der Waals surface area contributed by atoms with Crippen molar-refractivity contribution in [3.8, 4) is 5.69 Å². The summed E-state index contributed by atoms with van der Waals surface area (Å²) in [5, 5.41) is 5.98. The van der Waals surface area contributed by atoms with Crippen molar-refractivity contribution in [2.45, 2.75) is 32.9 Å². The Morgan fingerprint density at radius 2 is 1.60 bits per heavy atom. The number of carbonyl (C=O) groups is 1. The molecule has 0 spiro atoms. The minimum absolute atomic E-state index is 0.297. The molecule has 1 saturated heterocycles. The van der Waals surface area contributed by atoms with Gasteiger partial charge in [0.1, 0.15) is 11.1 Å². The molecule has 0 saturated carbocycles. The van der Waals surface area contributed by atoms with Crippen LogP contribution in [0.15, 0.2) is 65.7 Å². The molecule has 1 aliphatic rings. The van der Waals surface area contributed by atoms with Gasteiger partial charge < -0.3 is 25.2 Å². The van der Waals surface area contributed by atoms with Crippen molar-refractivity contribution in [1.82, 2.24) is 29.7 Å². The number of carbonyl (C=O) groups excluding carboxylic acids is 1. The first-order valence-corrected chi connectivity index (χ1v) is 13.3. The normalized spacial score (nSPS) is 14.2. The Balaban J connectivity index is 1.33. The molecule has 1 aliphatic heterocycles. The Morgan fingerprint density at radius 1 is 0.925 bits per heavy atom. The quantitative estimate of drug-likeness (QED) is 0.376. The fourth-order valence-corrected chi connectivity index (χ4v) is 4.42. The number of alkyl carbamates (subject to hydrolysis) is 1. The van der Waals surface area contributed by atoms with E-state index in [2.05, 4.69) is 54.6 Å². The number of nitrogens with zero attached hydrogens (tertiary/aromatic N) is 6. The van der Waals surface area contributed by atoms with Gasteiger partial charge in [0.2, 0.25) is 5.95 Å². The van der Waals surface area contributed by atoms with Crippen molar-refractivity contribution < 1.29 is 9.53 Å². The summed E-state index contributed by atoms with van der Waals surface area (Å²) in [5.74, 6) is 0.360. The highest BCUT2D eigenvalue weighted by molar-refractivity contribution is 5.73. The van der Waals surface area contributed by atoms with Crippen molar-refractivity contribution in [1.29, 1.82) is 0 Å². The van der Waals surface area contributed by atoms with Gasteiger partial charge in [-0.1, -0.05) is 12.1 Å². The summed E-state index contributed by atoms with van der Waals surface area (Å²) < 4.78 is 6.78. The van der Waals surface area contributed by atoms with Gasteiger partial charge in [0.05, 0.1) is 18.1 Å². The average molecular weight is 543 g/mol. The molecule has 0 atom stereocenters.